The number of benzene rings is 1. The van der Waals surface area contributed by atoms with Crippen LogP contribution in [-0.2, 0) is 11.3 Å². The van der Waals surface area contributed by atoms with Crippen LogP contribution < -0.4 is 15.8 Å². The number of oxime groups is 1. The molecule has 0 aliphatic heterocycles. The third kappa shape index (κ3) is 6.01. The largest absolute Gasteiger partial charge is 0.496 e. The summed E-state index contributed by atoms with van der Waals surface area (Å²) in [6.45, 7) is 2.43. The number of hydrogen-bond acceptors (Lipinski definition) is 5. The second-order valence-corrected chi connectivity index (χ2v) is 4.74. The molecule has 0 bridgehead atoms. The van der Waals surface area contributed by atoms with Crippen LogP contribution in [0.4, 0.5) is 0 Å². The van der Waals surface area contributed by atoms with Crippen molar-refractivity contribution in [3.8, 4) is 5.75 Å². The van der Waals surface area contributed by atoms with Gasteiger partial charge in [0.25, 0.3) is 0 Å². The van der Waals surface area contributed by atoms with E-state index in [4.69, 9.17) is 20.4 Å². The van der Waals surface area contributed by atoms with Crippen molar-refractivity contribution in [1.82, 2.24) is 5.32 Å². The maximum Gasteiger partial charge on any atom is 0.170 e. The monoisotopic (exact) mass is 295 g/mol. The van der Waals surface area contributed by atoms with E-state index in [0.29, 0.717) is 12.1 Å². The summed E-state index contributed by atoms with van der Waals surface area (Å²) in [6, 6.07) is 5.46. The number of nitrogens with two attached hydrogens (primary N) is 1. The zero-order valence-electron chi connectivity index (χ0n) is 12.8. The topological polar surface area (TPSA) is 89.1 Å². The van der Waals surface area contributed by atoms with Gasteiger partial charge >= 0.3 is 0 Å². The molecule has 1 aromatic rings. The Kier molecular flexibility index (Phi) is 8.23. The Balaban J connectivity index is 2.49. The lowest BCUT2D eigenvalue weighted by molar-refractivity contribution is 0.192. The van der Waals surface area contributed by atoms with E-state index in [2.05, 4.69) is 10.5 Å². The van der Waals surface area contributed by atoms with Gasteiger partial charge in [-0.25, -0.2) is 0 Å². The molecule has 0 heterocycles. The van der Waals surface area contributed by atoms with Gasteiger partial charge in [0.2, 0.25) is 0 Å². The first-order chi connectivity index (χ1) is 10.2. The summed E-state index contributed by atoms with van der Waals surface area (Å²) in [5, 5.41) is 15.1. The predicted octanol–water partition coefficient (Wildman–Crippen LogP) is 1.70. The lowest BCUT2D eigenvalue weighted by Gasteiger charge is -2.11. The van der Waals surface area contributed by atoms with Crippen LogP contribution in [0, 0.1) is 0 Å². The Hall–Kier alpha value is -1.79. The normalized spacial score (nSPS) is 11.6. The highest BCUT2D eigenvalue weighted by Gasteiger charge is 2.07. The highest BCUT2D eigenvalue weighted by molar-refractivity contribution is 5.97. The summed E-state index contributed by atoms with van der Waals surface area (Å²) < 4.78 is 10.3. The first kappa shape index (κ1) is 17.3. The quantitative estimate of drug-likeness (QED) is 0.201. The molecule has 0 spiro atoms. The molecule has 1 aromatic carbocycles. The van der Waals surface area contributed by atoms with Crippen molar-refractivity contribution in [2.45, 2.75) is 25.8 Å². The summed E-state index contributed by atoms with van der Waals surface area (Å²) in [5.41, 5.74) is 7.27. The van der Waals surface area contributed by atoms with Gasteiger partial charge in [-0.2, -0.15) is 0 Å². The number of unbranched alkanes of at least 4 members (excludes halogenated alkanes) is 2. The van der Waals surface area contributed by atoms with E-state index in [1.165, 1.54) is 0 Å². The number of amidine groups is 1. The van der Waals surface area contributed by atoms with E-state index in [1.54, 1.807) is 20.3 Å². The minimum atomic E-state index is 0.0958. The molecule has 0 saturated carbocycles. The Bertz CT molecular complexity index is 450. The van der Waals surface area contributed by atoms with Crippen molar-refractivity contribution in [2.24, 2.45) is 10.9 Å². The van der Waals surface area contributed by atoms with Crippen LogP contribution in [0.2, 0.25) is 0 Å². The van der Waals surface area contributed by atoms with Gasteiger partial charge in [-0.3, -0.25) is 0 Å². The lowest BCUT2D eigenvalue weighted by Crippen LogP contribution is -2.17. The maximum atomic E-state index is 8.73. The van der Waals surface area contributed by atoms with Crippen LogP contribution in [0.5, 0.6) is 5.75 Å². The molecule has 1 rings (SSSR count). The Morgan fingerprint density at radius 2 is 2.10 bits per heavy atom. The van der Waals surface area contributed by atoms with E-state index in [0.717, 1.165) is 43.7 Å². The SMILES string of the molecule is COCCCCCNCc1cc(/C(N)=N/O)ccc1OC. The minimum absolute atomic E-state index is 0.0958. The second kappa shape index (κ2) is 10.0. The third-order valence-corrected chi connectivity index (χ3v) is 3.20. The fraction of sp³-hybridized carbons (Fsp3) is 0.533. The van der Waals surface area contributed by atoms with Gasteiger partial charge in [-0.1, -0.05) is 5.16 Å². The van der Waals surface area contributed by atoms with Crippen LogP contribution in [0.15, 0.2) is 23.4 Å². The molecule has 0 saturated heterocycles. The number of nitrogens with one attached hydrogen (secondary N) is 1. The molecular weight excluding hydrogens is 270 g/mol. The second-order valence-electron chi connectivity index (χ2n) is 4.74. The molecule has 0 aromatic heterocycles. The fourth-order valence-electron chi connectivity index (χ4n) is 2.03. The van der Waals surface area contributed by atoms with Crippen molar-refractivity contribution in [2.75, 3.05) is 27.4 Å². The fourth-order valence-corrected chi connectivity index (χ4v) is 2.03. The Morgan fingerprint density at radius 3 is 2.76 bits per heavy atom. The molecule has 0 aliphatic carbocycles. The zero-order chi connectivity index (χ0) is 15.5. The van der Waals surface area contributed by atoms with Crippen LogP contribution in [0.3, 0.4) is 0 Å². The van der Waals surface area contributed by atoms with E-state index < -0.39 is 0 Å². The number of hydrogen-bond donors (Lipinski definition) is 3. The molecule has 0 radical (unpaired) electrons. The molecule has 0 amide bonds. The van der Waals surface area contributed by atoms with Gasteiger partial charge in [0.1, 0.15) is 5.75 Å². The molecule has 0 aliphatic rings. The molecule has 4 N–H and O–H groups in total. The summed E-state index contributed by atoms with van der Waals surface area (Å²) in [6.07, 6.45) is 3.33. The minimum Gasteiger partial charge on any atom is -0.496 e. The average Bonchev–Trinajstić information content (AvgIpc) is 2.53. The molecule has 0 fully saturated rings. The van der Waals surface area contributed by atoms with Crippen molar-refractivity contribution in [3.63, 3.8) is 0 Å². The summed E-state index contributed by atoms with van der Waals surface area (Å²) in [7, 11) is 3.35. The van der Waals surface area contributed by atoms with E-state index >= 15 is 0 Å². The number of ether oxygens (including phenoxy) is 2. The van der Waals surface area contributed by atoms with Gasteiger partial charge < -0.3 is 25.7 Å². The molecule has 6 heteroatoms. The predicted molar refractivity (Wildman–Crippen MR) is 82.9 cm³/mol. The molecule has 21 heavy (non-hydrogen) atoms. The number of rotatable bonds is 10. The van der Waals surface area contributed by atoms with Crippen LogP contribution in [0.1, 0.15) is 30.4 Å². The molecule has 0 unspecified atom stereocenters. The van der Waals surface area contributed by atoms with Crippen LogP contribution in [-0.4, -0.2) is 38.4 Å². The standard InChI is InChI=1S/C15H25N3O3/c1-20-9-5-3-4-8-17-11-13-10-12(15(16)18-19)6-7-14(13)21-2/h6-7,10,17,19H,3-5,8-9,11H2,1-2H3,(H2,16,18). The van der Waals surface area contributed by atoms with Crippen molar-refractivity contribution >= 4 is 5.84 Å². The highest BCUT2D eigenvalue weighted by atomic mass is 16.5. The maximum absolute atomic E-state index is 8.73. The van der Waals surface area contributed by atoms with Crippen LogP contribution in [0.25, 0.3) is 0 Å². The first-order valence-corrected chi connectivity index (χ1v) is 7.07. The molecule has 6 nitrogen and oxygen atoms in total. The lowest BCUT2D eigenvalue weighted by atomic mass is 10.1. The summed E-state index contributed by atoms with van der Waals surface area (Å²) in [5.74, 6) is 0.884. The highest BCUT2D eigenvalue weighted by Crippen LogP contribution is 2.19. The van der Waals surface area contributed by atoms with Gasteiger partial charge in [0.15, 0.2) is 5.84 Å². The smallest absolute Gasteiger partial charge is 0.170 e. The molecule has 0 atom stereocenters. The van der Waals surface area contributed by atoms with Gasteiger partial charge in [0, 0.05) is 31.4 Å². The van der Waals surface area contributed by atoms with E-state index in [1.807, 2.05) is 12.1 Å². The summed E-state index contributed by atoms with van der Waals surface area (Å²) >= 11 is 0. The Labute approximate surface area is 125 Å². The average molecular weight is 295 g/mol. The van der Waals surface area contributed by atoms with Crippen molar-refractivity contribution in [3.05, 3.63) is 29.3 Å². The number of methoxy groups -OCH3 is 2. The Morgan fingerprint density at radius 1 is 1.29 bits per heavy atom. The molecular formula is C15H25N3O3. The third-order valence-electron chi connectivity index (χ3n) is 3.20. The molecule has 118 valence electrons. The van der Waals surface area contributed by atoms with Gasteiger partial charge in [0.05, 0.1) is 7.11 Å². The van der Waals surface area contributed by atoms with E-state index in [9.17, 15) is 0 Å². The zero-order valence-corrected chi connectivity index (χ0v) is 12.8. The number of nitrogens with zero attached hydrogens (tertiary/aromatic N) is 1. The van der Waals surface area contributed by atoms with E-state index in [-0.39, 0.29) is 5.84 Å². The van der Waals surface area contributed by atoms with Gasteiger partial charge in [-0.15, -0.1) is 0 Å². The first-order valence-electron chi connectivity index (χ1n) is 7.07. The van der Waals surface area contributed by atoms with Crippen molar-refractivity contribution in [1.29, 1.82) is 0 Å². The van der Waals surface area contributed by atoms with Crippen LogP contribution >= 0.6 is 0 Å². The van der Waals surface area contributed by atoms with Gasteiger partial charge in [-0.05, 0) is 44.0 Å². The van der Waals surface area contributed by atoms with Crippen molar-refractivity contribution < 1.29 is 14.7 Å². The summed E-state index contributed by atoms with van der Waals surface area (Å²) in [4.78, 5) is 0.